The number of anilines is 1. The number of nitrogens with zero attached hydrogens (tertiary/aromatic N) is 3. The second kappa shape index (κ2) is 9.87. The average Bonchev–Trinajstić information content (AvgIpc) is 2.66. The Balaban J connectivity index is 2.36. The lowest BCUT2D eigenvalue weighted by molar-refractivity contribution is -0.384. The molecule has 2 rings (SSSR count). The van der Waals surface area contributed by atoms with Gasteiger partial charge in [0.25, 0.3) is 5.69 Å². The number of carbonyl (C=O) groups is 1. The molecule has 1 unspecified atom stereocenters. The molecule has 1 heterocycles. The van der Waals surface area contributed by atoms with Gasteiger partial charge in [0.1, 0.15) is 5.69 Å². The summed E-state index contributed by atoms with van der Waals surface area (Å²) in [6.45, 7) is 8.95. The lowest BCUT2D eigenvalue weighted by atomic mass is 9.95. The number of rotatable bonds is 8. The summed E-state index contributed by atoms with van der Waals surface area (Å²) in [7, 11) is 3.47. The number of piperidine rings is 1. The monoisotopic (exact) mass is 391 g/mol. The number of nitro groups is 1. The van der Waals surface area contributed by atoms with Crippen LogP contribution in [0.5, 0.6) is 0 Å². The minimum atomic E-state index is -0.313. The van der Waals surface area contributed by atoms with E-state index in [-0.39, 0.29) is 28.9 Å². The van der Waals surface area contributed by atoms with Crippen molar-refractivity contribution in [2.75, 3.05) is 38.7 Å². The second-order valence-corrected chi connectivity index (χ2v) is 8.27. The van der Waals surface area contributed by atoms with Crippen molar-refractivity contribution in [3.63, 3.8) is 0 Å². The van der Waals surface area contributed by atoms with Crippen LogP contribution in [-0.2, 0) is 9.53 Å². The van der Waals surface area contributed by atoms with E-state index in [0.29, 0.717) is 17.6 Å². The van der Waals surface area contributed by atoms with Crippen LogP contribution in [0, 0.1) is 16.0 Å². The maximum absolute atomic E-state index is 11.9. The maximum atomic E-state index is 11.9. The Morgan fingerprint density at radius 1 is 1.32 bits per heavy atom. The summed E-state index contributed by atoms with van der Waals surface area (Å²) in [4.78, 5) is 27.7. The van der Waals surface area contributed by atoms with Gasteiger partial charge in [-0.1, -0.05) is 26.8 Å². The van der Waals surface area contributed by atoms with E-state index in [2.05, 4.69) is 30.7 Å². The zero-order chi connectivity index (χ0) is 20.8. The molecule has 1 atom stereocenters. The van der Waals surface area contributed by atoms with Gasteiger partial charge in [-0.3, -0.25) is 14.9 Å². The van der Waals surface area contributed by atoms with Crippen LogP contribution in [0.3, 0.4) is 0 Å². The lowest BCUT2D eigenvalue weighted by Gasteiger charge is -2.39. The van der Waals surface area contributed by atoms with Crippen molar-refractivity contribution in [2.45, 2.75) is 52.0 Å². The number of methoxy groups -OCH3 is 1. The molecule has 0 saturated carbocycles. The fraction of sp³-hybridized carbons (Fsp3) is 0.667. The van der Waals surface area contributed by atoms with Crippen LogP contribution in [-0.4, -0.2) is 55.6 Å². The summed E-state index contributed by atoms with van der Waals surface area (Å²) in [5.41, 5.74) is 1.59. The highest BCUT2D eigenvalue weighted by molar-refractivity contribution is 5.71. The summed E-state index contributed by atoms with van der Waals surface area (Å²) in [6, 6.07) is 5.71. The van der Waals surface area contributed by atoms with E-state index in [1.165, 1.54) is 7.11 Å². The van der Waals surface area contributed by atoms with Gasteiger partial charge in [0.15, 0.2) is 0 Å². The zero-order valence-corrected chi connectivity index (χ0v) is 17.7. The first-order valence-corrected chi connectivity index (χ1v) is 10.0. The van der Waals surface area contributed by atoms with Gasteiger partial charge in [-0.2, -0.15) is 0 Å². The van der Waals surface area contributed by atoms with Gasteiger partial charge < -0.3 is 14.5 Å². The summed E-state index contributed by atoms with van der Waals surface area (Å²) in [5, 5.41) is 11.9. The number of ether oxygens (including phenoxy) is 1. The van der Waals surface area contributed by atoms with Gasteiger partial charge in [-0.15, -0.1) is 0 Å². The summed E-state index contributed by atoms with van der Waals surface area (Å²) in [6.07, 6.45) is 2.21. The van der Waals surface area contributed by atoms with Crippen LogP contribution in [0.2, 0.25) is 0 Å². The Bertz CT molecular complexity index is 684. The Morgan fingerprint density at radius 3 is 2.50 bits per heavy atom. The van der Waals surface area contributed by atoms with E-state index in [4.69, 9.17) is 4.74 Å². The van der Waals surface area contributed by atoms with Crippen molar-refractivity contribution in [3.05, 3.63) is 33.9 Å². The number of hydrogen-bond donors (Lipinski definition) is 0. The van der Waals surface area contributed by atoms with Crippen LogP contribution in [0.25, 0.3) is 0 Å². The maximum Gasteiger partial charge on any atom is 0.306 e. The van der Waals surface area contributed by atoms with Crippen LogP contribution in [0.15, 0.2) is 18.2 Å². The molecule has 1 fully saturated rings. The van der Waals surface area contributed by atoms with Crippen LogP contribution >= 0.6 is 0 Å². The van der Waals surface area contributed by atoms with Crippen molar-refractivity contribution < 1.29 is 14.5 Å². The molecule has 1 aliphatic rings. The number of nitro benzene ring substituents is 1. The molecule has 0 amide bonds. The second-order valence-electron chi connectivity index (χ2n) is 8.27. The van der Waals surface area contributed by atoms with Crippen molar-refractivity contribution in [3.8, 4) is 0 Å². The Hall–Kier alpha value is -2.15. The van der Waals surface area contributed by atoms with Crippen molar-refractivity contribution in [1.82, 2.24) is 4.90 Å². The molecule has 156 valence electrons. The smallest absolute Gasteiger partial charge is 0.306 e. The molecule has 28 heavy (non-hydrogen) atoms. The molecule has 0 radical (unpaired) electrons. The molecule has 0 bridgehead atoms. The SMILES string of the molecule is COC(=O)CC(C)c1ccc(N(CC(C)C)C2CCN(C)CC2)c([N+](=O)[O-])c1. The molecule has 0 aromatic heterocycles. The van der Waals surface area contributed by atoms with E-state index in [1.54, 1.807) is 6.07 Å². The number of benzene rings is 1. The summed E-state index contributed by atoms with van der Waals surface area (Å²) >= 11 is 0. The van der Waals surface area contributed by atoms with E-state index >= 15 is 0 Å². The Kier molecular flexibility index (Phi) is 7.80. The first-order valence-electron chi connectivity index (χ1n) is 10.0. The zero-order valence-electron chi connectivity index (χ0n) is 17.7. The Morgan fingerprint density at radius 2 is 1.96 bits per heavy atom. The van der Waals surface area contributed by atoms with Gasteiger partial charge in [-0.25, -0.2) is 0 Å². The van der Waals surface area contributed by atoms with Gasteiger partial charge in [0.2, 0.25) is 0 Å². The van der Waals surface area contributed by atoms with Gasteiger partial charge >= 0.3 is 5.97 Å². The van der Waals surface area contributed by atoms with Crippen LogP contribution in [0.1, 0.15) is 51.5 Å². The molecule has 0 aliphatic carbocycles. The van der Waals surface area contributed by atoms with E-state index in [1.807, 2.05) is 19.1 Å². The average molecular weight is 392 g/mol. The highest BCUT2D eigenvalue weighted by Crippen LogP contribution is 2.35. The molecule has 0 spiro atoms. The minimum absolute atomic E-state index is 0.119. The van der Waals surface area contributed by atoms with Crippen LogP contribution < -0.4 is 4.90 Å². The molecule has 1 aromatic carbocycles. The predicted octanol–water partition coefficient (Wildman–Crippen LogP) is 3.82. The molecular weight excluding hydrogens is 358 g/mol. The van der Waals surface area contributed by atoms with Gasteiger partial charge in [0, 0.05) is 18.7 Å². The van der Waals surface area contributed by atoms with E-state index < -0.39 is 0 Å². The minimum Gasteiger partial charge on any atom is -0.469 e. The third-order valence-corrected chi connectivity index (χ3v) is 5.47. The third kappa shape index (κ3) is 5.67. The highest BCUT2D eigenvalue weighted by atomic mass is 16.6. The molecule has 1 aliphatic heterocycles. The van der Waals surface area contributed by atoms with Crippen molar-refractivity contribution >= 4 is 17.3 Å². The first kappa shape index (κ1) is 22.1. The molecule has 1 aromatic rings. The quantitative estimate of drug-likeness (QED) is 0.381. The van der Waals surface area contributed by atoms with Crippen molar-refractivity contribution in [2.24, 2.45) is 5.92 Å². The first-order chi connectivity index (χ1) is 13.2. The molecular formula is C21H33N3O4. The predicted molar refractivity (Wildman–Crippen MR) is 111 cm³/mol. The number of hydrogen-bond acceptors (Lipinski definition) is 6. The topological polar surface area (TPSA) is 75.9 Å². The molecule has 7 nitrogen and oxygen atoms in total. The summed E-state index contributed by atoms with van der Waals surface area (Å²) in [5.74, 6) is -0.0498. The standard InChI is InChI=1S/C21H33N3O4/c1-15(2)14-23(18-8-10-22(4)11-9-18)19-7-6-17(13-20(19)24(26)27)16(3)12-21(25)28-5/h6-7,13,15-16,18H,8-12,14H2,1-5H3. The lowest BCUT2D eigenvalue weighted by Crippen LogP contribution is -2.45. The number of carbonyl (C=O) groups excluding carboxylic acids is 1. The number of likely N-dealkylation sites (tertiary alicyclic amines) is 1. The van der Waals surface area contributed by atoms with Gasteiger partial charge in [0.05, 0.1) is 18.5 Å². The van der Waals surface area contributed by atoms with E-state index in [9.17, 15) is 14.9 Å². The normalized spacial score (nSPS) is 16.8. The van der Waals surface area contributed by atoms with Crippen LogP contribution in [0.4, 0.5) is 11.4 Å². The third-order valence-electron chi connectivity index (χ3n) is 5.47. The van der Waals surface area contributed by atoms with Gasteiger partial charge in [-0.05, 0) is 56.4 Å². The highest BCUT2D eigenvalue weighted by Gasteiger charge is 2.29. The number of esters is 1. The molecule has 0 N–H and O–H groups in total. The fourth-order valence-corrected chi connectivity index (χ4v) is 3.83. The molecule has 7 heteroatoms. The molecule has 1 saturated heterocycles. The van der Waals surface area contributed by atoms with Crippen molar-refractivity contribution in [1.29, 1.82) is 0 Å². The summed E-state index contributed by atoms with van der Waals surface area (Å²) < 4.78 is 4.73. The van der Waals surface area contributed by atoms with E-state index in [0.717, 1.165) is 38.0 Å². The Labute approximate surface area is 167 Å². The fourth-order valence-electron chi connectivity index (χ4n) is 3.83. The largest absolute Gasteiger partial charge is 0.469 e.